The minimum atomic E-state index is -0.356. The van der Waals surface area contributed by atoms with Gasteiger partial charge < -0.3 is 14.7 Å². The monoisotopic (exact) mass is 425 g/mol. The fourth-order valence-electron chi connectivity index (χ4n) is 5.60. The fraction of sp³-hybridized carbons (Fsp3) is 0.640. The maximum absolute atomic E-state index is 13.7. The van der Waals surface area contributed by atoms with Crippen LogP contribution in [0.1, 0.15) is 57.4 Å². The maximum atomic E-state index is 13.7. The molecule has 0 aromatic heterocycles. The summed E-state index contributed by atoms with van der Waals surface area (Å²) in [4.78, 5) is 43.8. The second-order valence-corrected chi connectivity index (χ2v) is 9.66. The molecule has 3 aliphatic rings. The molecule has 31 heavy (non-hydrogen) atoms. The molecule has 1 atom stereocenters. The molecular weight excluding hydrogens is 390 g/mol. The molecule has 4 rings (SSSR count). The number of carbonyl (C=O) groups is 3. The zero-order valence-corrected chi connectivity index (χ0v) is 18.7. The molecule has 3 amide bonds. The third-order valence-corrected chi connectivity index (χ3v) is 7.61. The number of nitrogens with zero attached hydrogens (tertiary/aromatic N) is 3. The van der Waals surface area contributed by atoms with E-state index in [-0.39, 0.29) is 29.7 Å². The summed E-state index contributed by atoms with van der Waals surface area (Å²) in [5.41, 5.74) is 0.822. The molecule has 1 aromatic carbocycles. The summed E-state index contributed by atoms with van der Waals surface area (Å²) in [5.74, 6) is 0.727. The molecule has 0 unspecified atom stereocenters. The zero-order chi connectivity index (χ0) is 21.8. The number of hydrogen-bond donors (Lipinski definition) is 0. The number of piperidine rings is 1. The van der Waals surface area contributed by atoms with Crippen molar-refractivity contribution in [2.24, 2.45) is 11.3 Å². The summed E-state index contributed by atoms with van der Waals surface area (Å²) in [6.07, 6.45) is 6.20. The second kappa shape index (κ2) is 9.41. The number of likely N-dealkylation sites (tertiary alicyclic amines) is 3. The van der Waals surface area contributed by atoms with Crippen LogP contribution in [-0.2, 0) is 20.9 Å². The lowest BCUT2D eigenvalue weighted by Gasteiger charge is -2.43. The Kier molecular flexibility index (Phi) is 6.63. The van der Waals surface area contributed by atoms with E-state index in [1.165, 1.54) is 5.56 Å². The lowest BCUT2D eigenvalue weighted by molar-refractivity contribution is -0.147. The minimum Gasteiger partial charge on any atom is -0.341 e. The Labute approximate surface area is 185 Å². The van der Waals surface area contributed by atoms with Crippen LogP contribution in [0.15, 0.2) is 30.3 Å². The summed E-state index contributed by atoms with van der Waals surface area (Å²) in [6, 6.07) is 10.2. The largest absolute Gasteiger partial charge is 0.341 e. The van der Waals surface area contributed by atoms with Gasteiger partial charge in [-0.1, -0.05) is 43.7 Å². The Morgan fingerprint density at radius 1 is 0.968 bits per heavy atom. The van der Waals surface area contributed by atoms with Crippen molar-refractivity contribution < 1.29 is 14.4 Å². The van der Waals surface area contributed by atoms with Crippen LogP contribution in [0.25, 0.3) is 0 Å². The van der Waals surface area contributed by atoms with Gasteiger partial charge in [0.1, 0.15) is 0 Å². The molecule has 3 fully saturated rings. The summed E-state index contributed by atoms with van der Waals surface area (Å²) in [7, 11) is 0. The van der Waals surface area contributed by atoms with Crippen LogP contribution in [0.3, 0.4) is 0 Å². The minimum absolute atomic E-state index is 0.0525. The highest BCUT2D eigenvalue weighted by Gasteiger charge is 2.45. The van der Waals surface area contributed by atoms with E-state index in [2.05, 4.69) is 24.0 Å². The van der Waals surface area contributed by atoms with E-state index >= 15 is 0 Å². The van der Waals surface area contributed by atoms with Crippen LogP contribution in [0.4, 0.5) is 0 Å². The number of hydrogen-bond acceptors (Lipinski definition) is 3. The first kappa shape index (κ1) is 21.8. The first-order valence-corrected chi connectivity index (χ1v) is 11.9. The number of carbonyl (C=O) groups excluding carboxylic acids is 3. The van der Waals surface area contributed by atoms with Crippen LogP contribution >= 0.6 is 0 Å². The lowest BCUT2D eigenvalue weighted by Crippen LogP contribution is -2.50. The van der Waals surface area contributed by atoms with E-state index in [0.29, 0.717) is 38.5 Å². The van der Waals surface area contributed by atoms with Crippen molar-refractivity contribution in [3.8, 4) is 0 Å². The predicted octanol–water partition coefficient (Wildman–Crippen LogP) is 3.07. The third-order valence-electron chi connectivity index (χ3n) is 7.61. The molecule has 0 N–H and O–H groups in total. The van der Waals surface area contributed by atoms with E-state index < -0.39 is 0 Å². The molecule has 3 saturated heterocycles. The van der Waals surface area contributed by atoms with Crippen molar-refractivity contribution in [1.82, 2.24) is 14.7 Å². The summed E-state index contributed by atoms with van der Waals surface area (Å²) in [6.45, 7) is 5.94. The standard InChI is InChI=1S/C25H35N3O3/c1-25(13-5-6-14-28(24(25)31)18-20-8-3-2-4-9-20)21-11-16-26(17-12-21)23(30)19-27-15-7-10-22(27)29/h2-4,8-9,21H,5-7,10-19H2,1H3/t25-/m0/s1. The molecule has 168 valence electrons. The van der Waals surface area contributed by atoms with Crippen molar-refractivity contribution in [3.05, 3.63) is 35.9 Å². The van der Waals surface area contributed by atoms with Crippen LogP contribution in [0, 0.1) is 11.3 Å². The molecule has 6 nitrogen and oxygen atoms in total. The van der Waals surface area contributed by atoms with Gasteiger partial charge in [0.05, 0.1) is 6.54 Å². The quantitative estimate of drug-likeness (QED) is 0.728. The molecule has 0 aliphatic carbocycles. The van der Waals surface area contributed by atoms with Crippen molar-refractivity contribution in [3.63, 3.8) is 0 Å². The Balaban J connectivity index is 1.37. The van der Waals surface area contributed by atoms with E-state index in [9.17, 15) is 14.4 Å². The SMILES string of the molecule is C[C@@]1(C2CCN(C(=O)CN3CCCC3=O)CC2)CCCCN(Cc2ccccc2)C1=O. The molecular formula is C25H35N3O3. The van der Waals surface area contributed by atoms with Gasteiger partial charge >= 0.3 is 0 Å². The van der Waals surface area contributed by atoms with Gasteiger partial charge in [-0.3, -0.25) is 14.4 Å². The first-order chi connectivity index (χ1) is 15.0. The normalized spacial score (nSPS) is 25.8. The highest BCUT2D eigenvalue weighted by atomic mass is 16.2. The number of rotatable bonds is 5. The first-order valence-electron chi connectivity index (χ1n) is 11.9. The fourth-order valence-corrected chi connectivity index (χ4v) is 5.60. The lowest BCUT2D eigenvalue weighted by atomic mass is 9.69. The van der Waals surface area contributed by atoms with Crippen LogP contribution in [0.5, 0.6) is 0 Å². The molecule has 3 heterocycles. The Morgan fingerprint density at radius 2 is 1.68 bits per heavy atom. The van der Waals surface area contributed by atoms with E-state index in [0.717, 1.165) is 45.1 Å². The van der Waals surface area contributed by atoms with E-state index in [1.54, 1.807) is 4.90 Å². The van der Waals surface area contributed by atoms with E-state index in [4.69, 9.17) is 0 Å². The average Bonchev–Trinajstić information content (AvgIpc) is 3.13. The molecule has 0 radical (unpaired) electrons. The molecule has 0 spiro atoms. The zero-order valence-electron chi connectivity index (χ0n) is 18.7. The van der Waals surface area contributed by atoms with Crippen molar-refractivity contribution in [2.45, 2.75) is 58.4 Å². The van der Waals surface area contributed by atoms with Gasteiger partial charge in [0, 0.05) is 44.6 Å². The molecule has 1 aromatic rings. The maximum Gasteiger partial charge on any atom is 0.242 e. The highest BCUT2D eigenvalue weighted by molar-refractivity contribution is 5.86. The van der Waals surface area contributed by atoms with Gasteiger partial charge in [0.25, 0.3) is 0 Å². The molecule has 0 saturated carbocycles. The third kappa shape index (κ3) is 4.78. The van der Waals surface area contributed by atoms with Crippen LogP contribution < -0.4 is 0 Å². The number of benzene rings is 1. The predicted molar refractivity (Wildman–Crippen MR) is 119 cm³/mol. The van der Waals surface area contributed by atoms with Crippen molar-refractivity contribution in [2.75, 3.05) is 32.7 Å². The molecule has 6 heteroatoms. The smallest absolute Gasteiger partial charge is 0.242 e. The topological polar surface area (TPSA) is 60.9 Å². The summed E-state index contributed by atoms with van der Waals surface area (Å²) in [5, 5.41) is 0. The molecule has 0 bridgehead atoms. The van der Waals surface area contributed by atoms with Gasteiger partial charge in [0.2, 0.25) is 17.7 Å². The Bertz CT molecular complexity index is 803. The highest BCUT2D eigenvalue weighted by Crippen LogP contribution is 2.43. The van der Waals surface area contributed by atoms with E-state index in [1.807, 2.05) is 23.1 Å². The van der Waals surface area contributed by atoms with Crippen LogP contribution in [-0.4, -0.2) is 65.1 Å². The molecule has 3 aliphatic heterocycles. The van der Waals surface area contributed by atoms with Gasteiger partial charge in [0.15, 0.2) is 0 Å². The summed E-state index contributed by atoms with van der Waals surface area (Å²) < 4.78 is 0. The van der Waals surface area contributed by atoms with Gasteiger partial charge in [-0.05, 0) is 43.6 Å². The van der Waals surface area contributed by atoms with Crippen LogP contribution in [0.2, 0.25) is 0 Å². The average molecular weight is 426 g/mol. The summed E-state index contributed by atoms with van der Waals surface area (Å²) >= 11 is 0. The Morgan fingerprint density at radius 3 is 2.35 bits per heavy atom. The second-order valence-electron chi connectivity index (χ2n) is 9.66. The van der Waals surface area contributed by atoms with Crippen molar-refractivity contribution in [1.29, 1.82) is 0 Å². The number of amides is 3. The van der Waals surface area contributed by atoms with Gasteiger partial charge in [-0.25, -0.2) is 0 Å². The Hall–Kier alpha value is -2.37. The van der Waals surface area contributed by atoms with Gasteiger partial charge in [-0.2, -0.15) is 0 Å². The van der Waals surface area contributed by atoms with Gasteiger partial charge in [-0.15, -0.1) is 0 Å². The van der Waals surface area contributed by atoms with Crippen molar-refractivity contribution >= 4 is 17.7 Å².